The van der Waals surface area contributed by atoms with Gasteiger partial charge in [0.2, 0.25) is 0 Å². The summed E-state index contributed by atoms with van der Waals surface area (Å²) in [7, 11) is 0. The fraction of sp³-hybridized carbons (Fsp3) is 0.333. The molecule has 6 heteroatoms. The highest BCUT2D eigenvalue weighted by Crippen LogP contribution is 2.32. The first-order valence-electron chi connectivity index (χ1n) is 6.84. The first kappa shape index (κ1) is 16.1. The molecule has 0 saturated carbocycles. The predicted octanol–water partition coefficient (Wildman–Crippen LogP) is 3.17. The number of nitrogens with zero attached hydrogens (tertiary/aromatic N) is 1. The highest BCUT2D eigenvalue weighted by Gasteiger charge is 2.13. The van der Waals surface area contributed by atoms with Crippen molar-refractivity contribution in [3.63, 3.8) is 0 Å². The van der Waals surface area contributed by atoms with Crippen LogP contribution in [0.2, 0.25) is 5.02 Å². The number of aromatic nitrogens is 2. The van der Waals surface area contributed by atoms with Crippen molar-refractivity contribution >= 4 is 23.4 Å². The van der Waals surface area contributed by atoms with Crippen LogP contribution in [0.5, 0.6) is 0 Å². The largest absolute Gasteiger partial charge is 0.329 e. The van der Waals surface area contributed by atoms with Crippen LogP contribution in [0.15, 0.2) is 40.3 Å². The van der Waals surface area contributed by atoms with Crippen LogP contribution in [0.4, 0.5) is 0 Å². The number of rotatable bonds is 6. The van der Waals surface area contributed by atoms with Gasteiger partial charge in [-0.2, -0.15) is 0 Å². The summed E-state index contributed by atoms with van der Waals surface area (Å²) in [6.07, 6.45) is 1.75. The SMILES string of the molecule is CCCc1cc(=O)[nH]c(SC(CN)c2ccc(Cl)cc2)n1. The predicted molar refractivity (Wildman–Crippen MR) is 88.0 cm³/mol. The van der Waals surface area contributed by atoms with Crippen LogP contribution in [0.3, 0.4) is 0 Å². The molecule has 4 nitrogen and oxygen atoms in total. The molecule has 1 aromatic carbocycles. The summed E-state index contributed by atoms with van der Waals surface area (Å²) in [6.45, 7) is 2.51. The monoisotopic (exact) mass is 323 g/mol. The van der Waals surface area contributed by atoms with Gasteiger partial charge < -0.3 is 10.7 Å². The molecule has 21 heavy (non-hydrogen) atoms. The molecule has 3 N–H and O–H groups in total. The number of benzene rings is 1. The first-order valence-corrected chi connectivity index (χ1v) is 8.10. The Morgan fingerprint density at radius 2 is 2.10 bits per heavy atom. The third-order valence-electron chi connectivity index (χ3n) is 2.99. The quantitative estimate of drug-likeness (QED) is 0.632. The molecule has 0 saturated heterocycles. The van der Waals surface area contributed by atoms with Crippen LogP contribution in [-0.4, -0.2) is 16.5 Å². The average molecular weight is 324 g/mol. The number of halogens is 1. The molecule has 1 unspecified atom stereocenters. The topological polar surface area (TPSA) is 71.8 Å². The van der Waals surface area contributed by atoms with E-state index in [1.807, 2.05) is 24.3 Å². The number of aryl methyl sites for hydroxylation is 1. The Kier molecular flexibility index (Phi) is 5.85. The highest BCUT2D eigenvalue weighted by molar-refractivity contribution is 7.99. The van der Waals surface area contributed by atoms with E-state index in [1.54, 1.807) is 6.07 Å². The number of thioether (sulfide) groups is 1. The summed E-state index contributed by atoms with van der Waals surface area (Å²) in [4.78, 5) is 18.9. The van der Waals surface area contributed by atoms with Crippen LogP contribution >= 0.6 is 23.4 Å². The van der Waals surface area contributed by atoms with E-state index in [0.29, 0.717) is 16.7 Å². The van der Waals surface area contributed by atoms with E-state index in [4.69, 9.17) is 17.3 Å². The lowest BCUT2D eigenvalue weighted by Gasteiger charge is -2.14. The van der Waals surface area contributed by atoms with Gasteiger partial charge in [0.1, 0.15) is 0 Å². The van der Waals surface area contributed by atoms with E-state index in [2.05, 4.69) is 16.9 Å². The second-order valence-electron chi connectivity index (χ2n) is 4.69. The zero-order valence-corrected chi connectivity index (χ0v) is 13.4. The molecule has 2 aromatic rings. The Morgan fingerprint density at radius 1 is 1.38 bits per heavy atom. The number of H-pyrrole nitrogens is 1. The van der Waals surface area contributed by atoms with Crippen molar-refractivity contribution in [3.8, 4) is 0 Å². The number of nitrogens with two attached hydrogens (primary N) is 1. The zero-order chi connectivity index (χ0) is 15.2. The molecule has 112 valence electrons. The minimum atomic E-state index is -0.122. The normalized spacial score (nSPS) is 12.3. The molecule has 1 aromatic heterocycles. The third-order valence-corrected chi connectivity index (χ3v) is 4.41. The molecule has 2 rings (SSSR count). The minimum absolute atomic E-state index is 0.0299. The summed E-state index contributed by atoms with van der Waals surface area (Å²) in [6, 6.07) is 9.11. The van der Waals surface area contributed by atoms with Crippen molar-refractivity contribution in [1.29, 1.82) is 0 Å². The van der Waals surface area contributed by atoms with Gasteiger partial charge in [-0.1, -0.05) is 48.8 Å². The second-order valence-corrected chi connectivity index (χ2v) is 6.31. The third kappa shape index (κ3) is 4.59. The lowest BCUT2D eigenvalue weighted by molar-refractivity contribution is 0.810. The van der Waals surface area contributed by atoms with E-state index >= 15 is 0 Å². The highest BCUT2D eigenvalue weighted by atomic mass is 35.5. The zero-order valence-electron chi connectivity index (χ0n) is 11.8. The first-order chi connectivity index (χ1) is 10.1. The Balaban J connectivity index is 2.22. The lowest BCUT2D eigenvalue weighted by atomic mass is 10.1. The summed E-state index contributed by atoms with van der Waals surface area (Å²) in [5, 5.41) is 1.33. The molecule has 0 aliphatic rings. The fourth-order valence-corrected chi connectivity index (χ4v) is 3.10. The van der Waals surface area contributed by atoms with Gasteiger partial charge in [0.25, 0.3) is 5.56 Å². The molecule has 0 bridgehead atoms. The van der Waals surface area contributed by atoms with Crippen LogP contribution in [0.1, 0.15) is 29.9 Å². The smallest absolute Gasteiger partial charge is 0.251 e. The molecule has 1 heterocycles. The van der Waals surface area contributed by atoms with Gasteiger partial charge in [0.15, 0.2) is 5.16 Å². The second kappa shape index (κ2) is 7.64. The Labute approximate surface area is 133 Å². The van der Waals surface area contributed by atoms with Gasteiger partial charge in [-0.25, -0.2) is 4.98 Å². The summed E-state index contributed by atoms with van der Waals surface area (Å²) in [5.41, 5.74) is 7.61. The maximum absolute atomic E-state index is 11.7. The number of hydrogen-bond donors (Lipinski definition) is 2. The summed E-state index contributed by atoms with van der Waals surface area (Å²) in [5.74, 6) is 0. The van der Waals surface area contributed by atoms with Crippen molar-refractivity contribution < 1.29 is 0 Å². The molecular weight excluding hydrogens is 306 g/mol. The van der Waals surface area contributed by atoms with Crippen molar-refractivity contribution in [2.45, 2.75) is 30.2 Å². The van der Waals surface area contributed by atoms with Crippen molar-refractivity contribution in [2.75, 3.05) is 6.54 Å². The van der Waals surface area contributed by atoms with Gasteiger partial charge in [0, 0.05) is 28.6 Å². The molecule has 0 aliphatic carbocycles. The molecule has 0 radical (unpaired) electrons. The van der Waals surface area contributed by atoms with Gasteiger partial charge in [-0.15, -0.1) is 0 Å². The van der Waals surface area contributed by atoms with E-state index in [-0.39, 0.29) is 10.8 Å². The average Bonchev–Trinajstić information content (AvgIpc) is 2.45. The Hall–Kier alpha value is -1.30. The fourth-order valence-electron chi connectivity index (χ4n) is 1.99. The Bertz CT molecular complexity index is 642. The summed E-state index contributed by atoms with van der Waals surface area (Å²) < 4.78 is 0. The van der Waals surface area contributed by atoms with Gasteiger partial charge >= 0.3 is 0 Å². The molecule has 0 fully saturated rings. The molecular formula is C15H18ClN3OS. The Morgan fingerprint density at radius 3 is 2.71 bits per heavy atom. The van der Waals surface area contributed by atoms with Crippen LogP contribution < -0.4 is 11.3 Å². The number of nitrogens with one attached hydrogen (secondary N) is 1. The number of hydrogen-bond acceptors (Lipinski definition) is 4. The van der Waals surface area contributed by atoms with Gasteiger partial charge in [-0.3, -0.25) is 4.79 Å². The lowest BCUT2D eigenvalue weighted by Crippen LogP contribution is -2.13. The molecule has 0 amide bonds. The van der Waals surface area contributed by atoms with Crippen LogP contribution in [0, 0.1) is 0 Å². The van der Waals surface area contributed by atoms with Crippen LogP contribution in [0.25, 0.3) is 0 Å². The van der Waals surface area contributed by atoms with Crippen LogP contribution in [-0.2, 0) is 6.42 Å². The molecule has 0 aliphatic heterocycles. The van der Waals surface area contributed by atoms with Gasteiger partial charge in [0.05, 0.1) is 0 Å². The molecule has 1 atom stereocenters. The van der Waals surface area contributed by atoms with E-state index in [1.165, 1.54) is 11.8 Å². The maximum Gasteiger partial charge on any atom is 0.251 e. The van der Waals surface area contributed by atoms with E-state index in [9.17, 15) is 4.79 Å². The van der Waals surface area contributed by atoms with E-state index in [0.717, 1.165) is 24.1 Å². The van der Waals surface area contributed by atoms with Crippen molar-refractivity contribution in [1.82, 2.24) is 9.97 Å². The van der Waals surface area contributed by atoms with Gasteiger partial charge in [-0.05, 0) is 24.1 Å². The minimum Gasteiger partial charge on any atom is -0.329 e. The maximum atomic E-state index is 11.7. The van der Waals surface area contributed by atoms with E-state index < -0.39 is 0 Å². The summed E-state index contributed by atoms with van der Waals surface area (Å²) >= 11 is 7.37. The standard InChI is InChI=1S/C15H18ClN3OS/c1-2-3-12-8-14(20)19-15(18-12)21-13(9-17)10-4-6-11(16)7-5-10/h4-8,13H,2-3,9,17H2,1H3,(H,18,19,20). The molecule has 0 spiro atoms. The van der Waals surface area contributed by atoms with Crippen molar-refractivity contribution in [3.05, 3.63) is 57.0 Å². The van der Waals surface area contributed by atoms with Crippen molar-refractivity contribution in [2.24, 2.45) is 5.73 Å². The number of aromatic amines is 1.